The molecule has 0 N–H and O–H groups in total. The first-order chi connectivity index (χ1) is 3.84. The standard InChI is InChI=1S/C5H8N2Se/c1-3-5-4(2)6-7-8-5/h3H2,1-2H3. The summed E-state index contributed by atoms with van der Waals surface area (Å²) in [6, 6.07) is 0. The summed E-state index contributed by atoms with van der Waals surface area (Å²) in [5.41, 5.74) is 1.15. The topological polar surface area (TPSA) is 25.8 Å². The summed E-state index contributed by atoms with van der Waals surface area (Å²) in [4.78, 5) is 0. The van der Waals surface area contributed by atoms with Crippen molar-refractivity contribution in [3.05, 3.63) is 10.1 Å². The van der Waals surface area contributed by atoms with E-state index in [0.717, 1.165) is 12.1 Å². The van der Waals surface area contributed by atoms with Gasteiger partial charge in [-0.25, -0.2) is 0 Å². The van der Waals surface area contributed by atoms with E-state index < -0.39 is 0 Å². The summed E-state index contributed by atoms with van der Waals surface area (Å²) in [5, 5.41) is 3.92. The zero-order chi connectivity index (χ0) is 5.98. The van der Waals surface area contributed by atoms with Gasteiger partial charge in [0.2, 0.25) is 0 Å². The van der Waals surface area contributed by atoms with E-state index in [1.54, 1.807) is 0 Å². The van der Waals surface area contributed by atoms with Crippen molar-refractivity contribution in [3.63, 3.8) is 0 Å². The molecule has 0 aliphatic heterocycles. The summed E-state index contributed by atoms with van der Waals surface area (Å²) >= 11 is 0.346. The summed E-state index contributed by atoms with van der Waals surface area (Å²) in [6.45, 7) is 4.17. The minimum atomic E-state index is 0.346. The second kappa shape index (κ2) is 2.42. The molecule has 0 saturated heterocycles. The maximum absolute atomic E-state index is 3.93. The van der Waals surface area contributed by atoms with Gasteiger partial charge in [0.05, 0.1) is 0 Å². The number of aryl methyl sites for hydroxylation is 2. The fourth-order valence-corrected chi connectivity index (χ4v) is 1.76. The molecule has 0 aromatic carbocycles. The molecule has 0 unspecified atom stereocenters. The molecule has 0 fully saturated rings. The van der Waals surface area contributed by atoms with Gasteiger partial charge >= 0.3 is 54.3 Å². The SMILES string of the molecule is CCc1[se]nnc1C. The number of hydrogen-bond donors (Lipinski definition) is 0. The fourth-order valence-electron chi connectivity index (χ4n) is 0.573. The van der Waals surface area contributed by atoms with Crippen LogP contribution in [0.2, 0.25) is 0 Å². The third-order valence-electron chi connectivity index (χ3n) is 1.07. The van der Waals surface area contributed by atoms with E-state index in [-0.39, 0.29) is 0 Å². The van der Waals surface area contributed by atoms with Gasteiger partial charge in [0.25, 0.3) is 0 Å². The Bertz CT molecular complexity index is 171. The summed E-state index contributed by atoms with van der Waals surface area (Å²) < 4.78 is 5.37. The maximum atomic E-state index is 3.93. The molecule has 1 heterocycles. The van der Waals surface area contributed by atoms with Crippen molar-refractivity contribution < 1.29 is 0 Å². The third-order valence-corrected chi connectivity index (χ3v) is 3.10. The predicted octanol–water partition coefficient (Wildman–Crippen LogP) is 0.404. The summed E-state index contributed by atoms with van der Waals surface area (Å²) in [6.07, 6.45) is 1.12. The Morgan fingerprint density at radius 2 is 2.38 bits per heavy atom. The number of hydrogen-bond acceptors (Lipinski definition) is 2. The van der Waals surface area contributed by atoms with Crippen LogP contribution in [0.4, 0.5) is 0 Å². The van der Waals surface area contributed by atoms with E-state index in [9.17, 15) is 0 Å². The predicted molar refractivity (Wildman–Crippen MR) is 33.1 cm³/mol. The van der Waals surface area contributed by atoms with Crippen LogP contribution in [0, 0.1) is 6.92 Å². The first kappa shape index (κ1) is 5.99. The van der Waals surface area contributed by atoms with Crippen LogP contribution in [0.3, 0.4) is 0 Å². The molecule has 1 aromatic rings. The summed E-state index contributed by atoms with van der Waals surface area (Å²) in [7, 11) is 0. The molecule has 0 amide bonds. The zero-order valence-corrected chi connectivity index (χ0v) is 6.72. The van der Waals surface area contributed by atoms with Gasteiger partial charge in [-0.2, -0.15) is 0 Å². The molecule has 0 radical (unpaired) electrons. The Hall–Kier alpha value is -0.141. The van der Waals surface area contributed by atoms with Gasteiger partial charge in [0, 0.05) is 0 Å². The van der Waals surface area contributed by atoms with Crippen molar-refractivity contribution in [2.24, 2.45) is 0 Å². The van der Waals surface area contributed by atoms with Crippen LogP contribution in [0.1, 0.15) is 17.1 Å². The molecular formula is C5H8N2Se. The number of rotatable bonds is 1. The van der Waals surface area contributed by atoms with E-state index in [2.05, 4.69) is 16.1 Å². The van der Waals surface area contributed by atoms with Gasteiger partial charge in [0.1, 0.15) is 0 Å². The first-order valence-corrected chi connectivity index (χ1v) is 4.24. The normalized spacial score (nSPS) is 9.75. The van der Waals surface area contributed by atoms with Crippen LogP contribution >= 0.6 is 0 Å². The van der Waals surface area contributed by atoms with Crippen molar-refractivity contribution in [3.8, 4) is 0 Å². The van der Waals surface area contributed by atoms with Gasteiger partial charge in [-0.1, -0.05) is 0 Å². The minimum absolute atomic E-state index is 0.346. The van der Waals surface area contributed by atoms with E-state index >= 15 is 0 Å². The molecule has 0 aliphatic rings. The molecule has 0 spiro atoms. The van der Waals surface area contributed by atoms with Crippen LogP contribution in [0.5, 0.6) is 0 Å². The molecule has 1 rings (SSSR count). The summed E-state index contributed by atoms with van der Waals surface area (Å²) in [5.74, 6) is 0. The van der Waals surface area contributed by atoms with E-state index in [0.29, 0.717) is 14.7 Å². The average molecular weight is 175 g/mol. The Morgan fingerprint density at radius 3 is 2.62 bits per heavy atom. The van der Waals surface area contributed by atoms with Crippen molar-refractivity contribution in [1.82, 2.24) is 9.19 Å². The Morgan fingerprint density at radius 1 is 1.62 bits per heavy atom. The van der Waals surface area contributed by atoms with Gasteiger partial charge in [0.15, 0.2) is 0 Å². The van der Waals surface area contributed by atoms with Crippen LogP contribution in [-0.4, -0.2) is 23.9 Å². The molecule has 44 valence electrons. The second-order valence-corrected chi connectivity index (χ2v) is 3.39. The van der Waals surface area contributed by atoms with Gasteiger partial charge in [-0.05, 0) is 0 Å². The Labute approximate surface area is 54.9 Å². The third kappa shape index (κ3) is 0.984. The van der Waals surface area contributed by atoms with Crippen LogP contribution in [0.15, 0.2) is 0 Å². The Kier molecular flexibility index (Phi) is 1.81. The Balaban J connectivity index is 2.92. The van der Waals surface area contributed by atoms with Crippen molar-refractivity contribution in [1.29, 1.82) is 0 Å². The van der Waals surface area contributed by atoms with E-state index in [4.69, 9.17) is 0 Å². The van der Waals surface area contributed by atoms with Gasteiger partial charge in [-0.15, -0.1) is 0 Å². The molecule has 0 aliphatic carbocycles. The van der Waals surface area contributed by atoms with Crippen LogP contribution in [-0.2, 0) is 6.42 Å². The number of aromatic nitrogens is 2. The van der Waals surface area contributed by atoms with Crippen molar-refractivity contribution >= 4 is 14.7 Å². The molecule has 1 aromatic heterocycles. The molecule has 0 bridgehead atoms. The fraction of sp³-hybridized carbons (Fsp3) is 0.600. The first-order valence-electron chi connectivity index (χ1n) is 2.62. The van der Waals surface area contributed by atoms with Crippen molar-refractivity contribution in [2.75, 3.05) is 0 Å². The molecule has 2 nitrogen and oxygen atoms in total. The molecule has 0 saturated carbocycles. The number of nitrogens with zero attached hydrogens (tertiary/aromatic N) is 2. The molecule has 0 atom stereocenters. The monoisotopic (exact) mass is 176 g/mol. The molecular weight excluding hydrogens is 167 g/mol. The molecule has 3 heteroatoms. The van der Waals surface area contributed by atoms with Crippen molar-refractivity contribution in [2.45, 2.75) is 20.3 Å². The average Bonchev–Trinajstić information content (AvgIpc) is 2.14. The van der Waals surface area contributed by atoms with Gasteiger partial charge < -0.3 is 0 Å². The zero-order valence-electron chi connectivity index (χ0n) is 5.01. The van der Waals surface area contributed by atoms with E-state index in [1.807, 2.05) is 6.92 Å². The molecule has 8 heavy (non-hydrogen) atoms. The van der Waals surface area contributed by atoms with Crippen LogP contribution < -0.4 is 0 Å². The second-order valence-electron chi connectivity index (χ2n) is 1.64. The van der Waals surface area contributed by atoms with E-state index in [1.165, 1.54) is 4.44 Å². The quantitative estimate of drug-likeness (QED) is 0.577. The van der Waals surface area contributed by atoms with Crippen LogP contribution in [0.25, 0.3) is 0 Å². The van der Waals surface area contributed by atoms with Gasteiger partial charge in [-0.3, -0.25) is 0 Å².